The van der Waals surface area contributed by atoms with Gasteiger partial charge in [0.05, 0.1) is 17.3 Å². The first kappa shape index (κ1) is 33.1. The van der Waals surface area contributed by atoms with Gasteiger partial charge in [0.15, 0.2) is 0 Å². The van der Waals surface area contributed by atoms with Crippen molar-refractivity contribution < 1.29 is 13.3 Å². The first-order valence-corrected chi connectivity index (χ1v) is 19.5. The van der Waals surface area contributed by atoms with Crippen LogP contribution in [0.3, 0.4) is 0 Å². The van der Waals surface area contributed by atoms with E-state index in [2.05, 4.69) is 36.4 Å². The second kappa shape index (κ2) is 18.1. The van der Waals surface area contributed by atoms with Gasteiger partial charge in [0.25, 0.3) is 0 Å². The summed E-state index contributed by atoms with van der Waals surface area (Å²) in [6, 6.07) is 5.23. The number of aromatic nitrogens is 1. The summed E-state index contributed by atoms with van der Waals surface area (Å²) in [5, 5.41) is 0. The van der Waals surface area contributed by atoms with Gasteiger partial charge in [0.1, 0.15) is 0 Å². The van der Waals surface area contributed by atoms with Gasteiger partial charge in [-0.15, -0.1) is 11.8 Å². The highest BCUT2D eigenvalue weighted by Crippen LogP contribution is 2.46. The zero-order valence-electron chi connectivity index (χ0n) is 26.2. The molecule has 1 atom stereocenters. The Labute approximate surface area is 260 Å². The molecule has 2 aliphatic carbocycles. The molecule has 3 aliphatic rings. The Morgan fingerprint density at radius 1 is 0.786 bits per heavy atom. The first-order valence-electron chi connectivity index (χ1n) is 16.6. The smallest absolute Gasteiger partial charge is 0.374 e. The van der Waals surface area contributed by atoms with Crippen LogP contribution in [0.15, 0.2) is 65.0 Å². The largest absolute Gasteiger partial charge is 0.500 e. The lowest BCUT2D eigenvalue weighted by molar-refractivity contribution is 0.0706. The Kier molecular flexibility index (Phi) is 14.3. The maximum Gasteiger partial charge on any atom is 0.500 e. The Hall–Kier alpha value is -1.77. The zero-order valence-corrected chi connectivity index (χ0v) is 28.1. The number of hydrogen-bond donors (Lipinski definition) is 0. The van der Waals surface area contributed by atoms with E-state index < -0.39 is 8.80 Å². The summed E-state index contributed by atoms with van der Waals surface area (Å²) < 4.78 is 17.9. The van der Waals surface area contributed by atoms with Crippen molar-refractivity contribution in [3.05, 3.63) is 71.2 Å². The molecule has 0 aromatic carbocycles. The molecule has 42 heavy (non-hydrogen) atoms. The molecule has 1 aliphatic heterocycles. The van der Waals surface area contributed by atoms with Gasteiger partial charge >= 0.3 is 8.80 Å². The molecule has 0 bridgehead atoms. The number of rotatable bonds is 22. The summed E-state index contributed by atoms with van der Waals surface area (Å²) in [4.78, 5) is 10.9. The predicted octanol–water partition coefficient (Wildman–Crippen LogP) is 9.70. The van der Waals surface area contributed by atoms with Crippen LogP contribution in [0.2, 0.25) is 6.04 Å². The normalized spacial score (nSPS) is 17.3. The molecule has 7 heteroatoms. The SMILES string of the molecule is CCO[Si](CCCCCCCCCCCCCCSC1=C2C=CC=C3C=CN=C(c4ncccc41)C32)(OCC)OCC. The lowest BCUT2D eigenvalue weighted by atomic mass is 9.76. The summed E-state index contributed by atoms with van der Waals surface area (Å²) in [7, 11) is -2.45. The van der Waals surface area contributed by atoms with Crippen LogP contribution in [-0.2, 0) is 13.3 Å². The second-order valence-corrected chi connectivity index (χ2v) is 15.1. The minimum Gasteiger partial charge on any atom is -0.374 e. The summed E-state index contributed by atoms with van der Waals surface area (Å²) in [5.41, 5.74) is 6.15. The molecule has 0 N–H and O–H groups in total. The van der Waals surface area contributed by atoms with Crippen molar-refractivity contribution in [1.29, 1.82) is 0 Å². The van der Waals surface area contributed by atoms with Crippen LogP contribution >= 0.6 is 11.8 Å². The van der Waals surface area contributed by atoms with Crippen molar-refractivity contribution in [3.8, 4) is 0 Å². The average molecular weight is 609 g/mol. The standard InChI is InChI=1S/C35H52N2O3SSi/c1-4-38-42(39-5-2,40-6-3)28-18-16-14-12-10-8-7-9-11-13-15-17-27-41-35-30-22-19-21-29-24-26-37-34(32(29)30)33-31(35)23-20-25-36-33/h19-26,32H,4-18,27-28H2,1-3H3. The van der Waals surface area contributed by atoms with E-state index >= 15 is 0 Å². The van der Waals surface area contributed by atoms with Crippen LogP contribution in [0, 0.1) is 5.92 Å². The molecule has 0 amide bonds. The topological polar surface area (TPSA) is 52.9 Å². The van der Waals surface area contributed by atoms with Crippen molar-refractivity contribution in [2.75, 3.05) is 25.6 Å². The van der Waals surface area contributed by atoms with E-state index in [4.69, 9.17) is 23.3 Å². The third-order valence-electron chi connectivity index (χ3n) is 8.24. The fourth-order valence-electron chi connectivity index (χ4n) is 6.27. The molecule has 0 fully saturated rings. The third-order valence-corrected chi connectivity index (χ3v) is 12.6. The highest BCUT2D eigenvalue weighted by Gasteiger charge is 2.39. The number of nitrogens with zero attached hydrogens (tertiary/aromatic N) is 2. The monoisotopic (exact) mass is 608 g/mol. The van der Waals surface area contributed by atoms with Gasteiger partial charge < -0.3 is 13.3 Å². The predicted molar refractivity (Wildman–Crippen MR) is 181 cm³/mol. The molecule has 0 saturated carbocycles. The molecular formula is C35H52N2O3SSi. The highest BCUT2D eigenvalue weighted by molar-refractivity contribution is 8.08. The molecule has 1 aromatic heterocycles. The van der Waals surface area contributed by atoms with Crippen LogP contribution in [0.5, 0.6) is 0 Å². The first-order chi connectivity index (χ1) is 20.7. The van der Waals surface area contributed by atoms with E-state index in [-0.39, 0.29) is 5.92 Å². The van der Waals surface area contributed by atoms with E-state index in [1.165, 1.54) is 98.0 Å². The van der Waals surface area contributed by atoms with Gasteiger partial charge in [-0.1, -0.05) is 88.5 Å². The molecule has 0 spiro atoms. The van der Waals surface area contributed by atoms with Crippen LogP contribution in [0.4, 0.5) is 0 Å². The number of unbranched alkanes of at least 4 members (excludes halogenated alkanes) is 11. The van der Waals surface area contributed by atoms with Gasteiger partial charge in [-0.25, -0.2) is 0 Å². The molecular weight excluding hydrogens is 557 g/mol. The molecule has 0 radical (unpaired) electrons. The number of allylic oxidation sites excluding steroid dienone is 6. The summed E-state index contributed by atoms with van der Waals surface area (Å²) in [6.45, 7) is 8.11. The van der Waals surface area contributed by atoms with Crippen molar-refractivity contribution in [2.24, 2.45) is 10.9 Å². The van der Waals surface area contributed by atoms with Crippen molar-refractivity contribution in [1.82, 2.24) is 4.98 Å². The van der Waals surface area contributed by atoms with Gasteiger partial charge in [0.2, 0.25) is 0 Å². The quantitative estimate of drug-likeness (QED) is 0.0969. The maximum atomic E-state index is 5.98. The summed E-state index contributed by atoms with van der Waals surface area (Å²) in [6.07, 6.45) is 28.6. The number of thioether (sulfide) groups is 1. The van der Waals surface area contributed by atoms with E-state index in [0.717, 1.165) is 23.9 Å². The van der Waals surface area contributed by atoms with Crippen molar-refractivity contribution >= 4 is 31.2 Å². The molecule has 5 nitrogen and oxygen atoms in total. The fourth-order valence-corrected chi connectivity index (χ4v) is 10.2. The minimum absolute atomic E-state index is 0.243. The lowest BCUT2D eigenvalue weighted by Gasteiger charge is -2.33. The van der Waals surface area contributed by atoms with Crippen molar-refractivity contribution in [3.63, 3.8) is 0 Å². The average Bonchev–Trinajstić information content (AvgIpc) is 3.01. The zero-order chi connectivity index (χ0) is 29.5. The maximum absolute atomic E-state index is 5.98. The highest BCUT2D eigenvalue weighted by atomic mass is 32.2. The number of hydrogen-bond acceptors (Lipinski definition) is 6. The van der Waals surface area contributed by atoms with Crippen LogP contribution < -0.4 is 0 Å². The van der Waals surface area contributed by atoms with Gasteiger partial charge in [0, 0.05) is 48.7 Å². The summed E-state index contributed by atoms with van der Waals surface area (Å²) in [5.74, 6) is 1.41. The van der Waals surface area contributed by atoms with Crippen LogP contribution in [0.25, 0.3) is 4.91 Å². The number of fused-ring (bicyclic) bond motifs is 2. The van der Waals surface area contributed by atoms with E-state index in [0.29, 0.717) is 19.8 Å². The van der Waals surface area contributed by atoms with Gasteiger partial charge in [-0.3, -0.25) is 9.98 Å². The number of pyridine rings is 1. The molecule has 2 heterocycles. The Morgan fingerprint density at radius 2 is 1.40 bits per heavy atom. The summed E-state index contributed by atoms with van der Waals surface area (Å²) >= 11 is 2.02. The van der Waals surface area contributed by atoms with Gasteiger partial charge in [-0.05, 0) is 62.7 Å². The number of aliphatic imine (C=N–C) groups is 1. The third kappa shape index (κ3) is 9.12. The van der Waals surface area contributed by atoms with Crippen LogP contribution in [0.1, 0.15) is 109 Å². The van der Waals surface area contributed by atoms with E-state index in [1.807, 2.05) is 44.9 Å². The second-order valence-electron chi connectivity index (χ2n) is 11.3. The Morgan fingerprint density at radius 3 is 2.05 bits per heavy atom. The lowest BCUT2D eigenvalue weighted by Crippen LogP contribution is -2.45. The fraction of sp³-hybridized carbons (Fsp3) is 0.600. The van der Waals surface area contributed by atoms with E-state index in [9.17, 15) is 0 Å². The van der Waals surface area contributed by atoms with Gasteiger partial charge in [-0.2, -0.15) is 0 Å². The Balaban J connectivity index is 1.05. The molecule has 1 unspecified atom stereocenters. The molecule has 4 rings (SSSR count). The van der Waals surface area contributed by atoms with Crippen molar-refractivity contribution in [2.45, 2.75) is 104 Å². The Bertz CT molecular complexity index is 1130. The molecule has 0 saturated heterocycles. The minimum atomic E-state index is -2.45. The molecule has 1 aromatic rings. The molecule has 230 valence electrons. The van der Waals surface area contributed by atoms with Crippen LogP contribution in [-0.4, -0.2) is 45.1 Å². The van der Waals surface area contributed by atoms with E-state index in [1.54, 1.807) is 0 Å².